The summed E-state index contributed by atoms with van der Waals surface area (Å²) in [4.78, 5) is 55.9. The van der Waals surface area contributed by atoms with E-state index in [9.17, 15) is 34.7 Å². The SMILES string of the molecule is C[C@@H](/C=C/CC(=O)N(CCO)Cc1ccccc1)[C@]1(O)C(=O)N(Cc2ccc(N3C(=O)CCc4ccccc43)cc2)c2ccc([N+](=O)[O-])cc21. The van der Waals surface area contributed by atoms with E-state index >= 15 is 0 Å². The minimum absolute atomic E-state index is 0.00667. The summed E-state index contributed by atoms with van der Waals surface area (Å²) in [7, 11) is 0. The zero-order chi connectivity index (χ0) is 35.4. The molecule has 0 aromatic heterocycles. The number of non-ortho nitro benzene ring substituents is 1. The van der Waals surface area contributed by atoms with Crippen molar-refractivity contribution in [1.82, 2.24) is 4.90 Å². The van der Waals surface area contributed by atoms with Crippen molar-refractivity contribution in [3.05, 3.63) is 142 Å². The highest BCUT2D eigenvalue weighted by Gasteiger charge is 2.53. The maximum absolute atomic E-state index is 14.1. The van der Waals surface area contributed by atoms with Gasteiger partial charge < -0.3 is 20.0 Å². The van der Waals surface area contributed by atoms with Crippen LogP contribution < -0.4 is 9.80 Å². The Morgan fingerprint density at radius 2 is 1.68 bits per heavy atom. The molecule has 11 nitrogen and oxygen atoms in total. The molecule has 4 aromatic rings. The van der Waals surface area contributed by atoms with Crippen LogP contribution in [0.3, 0.4) is 0 Å². The molecular formula is C39H38N4O7. The minimum atomic E-state index is -2.14. The number of aryl methyl sites for hydroxylation is 1. The second kappa shape index (κ2) is 14.5. The summed E-state index contributed by atoms with van der Waals surface area (Å²) in [6.45, 7) is 1.96. The summed E-state index contributed by atoms with van der Waals surface area (Å²) in [5, 5.41) is 33.3. The second-order valence-corrected chi connectivity index (χ2v) is 12.6. The topological polar surface area (TPSA) is 145 Å². The van der Waals surface area contributed by atoms with Gasteiger partial charge in [-0.3, -0.25) is 29.4 Å². The van der Waals surface area contributed by atoms with Crippen LogP contribution in [0.15, 0.2) is 109 Å². The summed E-state index contributed by atoms with van der Waals surface area (Å²) in [6, 6.07) is 28.4. The van der Waals surface area contributed by atoms with E-state index in [0.717, 1.165) is 22.4 Å². The van der Waals surface area contributed by atoms with Crippen LogP contribution in [0.4, 0.5) is 22.7 Å². The Morgan fingerprint density at radius 1 is 0.960 bits per heavy atom. The quantitative estimate of drug-likeness (QED) is 0.114. The van der Waals surface area contributed by atoms with Crippen LogP contribution in [0.25, 0.3) is 0 Å². The molecule has 0 spiro atoms. The molecule has 0 unspecified atom stereocenters. The van der Waals surface area contributed by atoms with Gasteiger partial charge in [0.15, 0.2) is 5.60 Å². The molecule has 0 saturated heterocycles. The molecule has 256 valence electrons. The third-order valence-electron chi connectivity index (χ3n) is 9.40. The molecule has 4 aromatic carbocycles. The largest absolute Gasteiger partial charge is 0.395 e. The lowest BCUT2D eigenvalue weighted by Crippen LogP contribution is -2.44. The van der Waals surface area contributed by atoms with Crippen LogP contribution in [-0.4, -0.2) is 50.9 Å². The number of carbonyl (C=O) groups excluding carboxylic acids is 3. The smallest absolute Gasteiger partial charge is 0.269 e. The lowest BCUT2D eigenvalue weighted by atomic mass is 9.82. The molecule has 0 radical (unpaired) electrons. The number of aliphatic hydroxyl groups excluding tert-OH is 1. The van der Waals surface area contributed by atoms with Gasteiger partial charge >= 0.3 is 0 Å². The number of fused-ring (bicyclic) bond motifs is 2. The maximum atomic E-state index is 14.1. The number of aliphatic hydroxyl groups is 2. The highest BCUT2D eigenvalue weighted by atomic mass is 16.6. The van der Waals surface area contributed by atoms with Crippen LogP contribution in [0.5, 0.6) is 0 Å². The van der Waals surface area contributed by atoms with E-state index in [2.05, 4.69) is 0 Å². The fourth-order valence-electron chi connectivity index (χ4n) is 6.71. The average molecular weight is 675 g/mol. The molecule has 2 aliphatic heterocycles. The first-order valence-corrected chi connectivity index (χ1v) is 16.5. The Kier molecular flexibility index (Phi) is 9.89. The summed E-state index contributed by atoms with van der Waals surface area (Å²) in [6.07, 6.45) is 4.19. The first-order valence-electron chi connectivity index (χ1n) is 16.5. The van der Waals surface area contributed by atoms with Crippen molar-refractivity contribution in [3.8, 4) is 0 Å². The molecule has 3 amide bonds. The molecule has 2 heterocycles. The molecule has 50 heavy (non-hydrogen) atoms. The van der Waals surface area contributed by atoms with E-state index in [1.807, 2.05) is 78.9 Å². The van der Waals surface area contributed by atoms with Crippen molar-refractivity contribution in [3.63, 3.8) is 0 Å². The molecule has 0 bridgehead atoms. The molecule has 2 aliphatic rings. The van der Waals surface area contributed by atoms with E-state index < -0.39 is 22.3 Å². The van der Waals surface area contributed by atoms with Crippen molar-refractivity contribution in [1.29, 1.82) is 0 Å². The van der Waals surface area contributed by atoms with Gasteiger partial charge in [0.25, 0.3) is 11.6 Å². The number of amides is 3. The second-order valence-electron chi connectivity index (χ2n) is 12.6. The van der Waals surface area contributed by atoms with Crippen molar-refractivity contribution in [2.75, 3.05) is 23.0 Å². The fourth-order valence-corrected chi connectivity index (χ4v) is 6.71. The van der Waals surface area contributed by atoms with Gasteiger partial charge in [-0.2, -0.15) is 0 Å². The third kappa shape index (κ3) is 6.65. The molecule has 0 fully saturated rings. The number of hydrogen-bond donors (Lipinski definition) is 2. The predicted octanol–water partition coefficient (Wildman–Crippen LogP) is 5.54. The Morgan fingerprint density at radius 3 is 2.40 bits per heavy atom. The first-order chi connectivity index (χ1) is 24.1. The van der Waals surface area contributed by atoms with Gasteiger partial charge in [-0.15, -0.1) is 0 Å². The monoisotopic (exact) mass is 674 g/mol. The maximum Gasteiger partial charge on any atom is 0.269 e. The molecule has 11 heteroatoms. The molecule has 0 aliphatic carbocycles. The Labute approximate surface area is 289 Å². The van der Waals surface area contributed by atoms with E-state index in [1.54, 1.807) is 24.0 Å². The zero-order valence-electron chi connectivity index (χ0n) is 27.6. The summed E-state index contributed by atoms with van der Waals surface area (Å²) in [5.41, 5.74) is 2.32. The van der Waals surface area contributed by atoms with E-state index in [0.29, 0.717) is 30.8 Å². The lowest BCUT2D eigenvalue weighted by molar-refractivity contribution is -0.385. The van der Waals surface area contributed by atoms with Crippen molar-refractivity contribution < 1.29 is 29.5 Å². The highest BCUT2D eigenvalue weighted by Crippen LogP contribution is 2.47. The summed E-state index contributed by atoms with van der Waals surface area (Å²) >= 11 is 0. The molecule has 6 rings (SSSR count). The van der Waals surface area contributed by atoms with Crippen LogP contribution in [0.2, 0.25) is 0 Å². The number of rotatable bonds is 12. The third-order valence-corrected chi connectivity index (χ3v) is 9.40. The van der Waals surface area contributed by atoms with Crippen molar-refractivity contribution in [2.45, 2.75) is 44.9 Å². The molecular weight excluding hydrogens is 636 g/mol. The van der Waals surface area contributed by atoms with Gasteiger partial charge in [0.2, 0.25) is 11.8 Å². The van der Waals surface area contributed by atoms with E-state index in [-0.39, 0.29) is 49.2 Å². The first kappa shape index (κ1) is 34.2. The van der Waals surface area contributed by atoms with Gasteiger partial charge in [-0.1, -0.05) is 79.7 Å². The predicted molar refractivity (Wildman–Crippen MR) is 188 cm³/mol. The van der Waals surface area contributed by atoms with E-state index in [4.69, 9.17) is 0 Å². The zero-order valence-corrected chi connectivity index (χ0v) is 27.6. The average Bonchev–Trinajstić information content (AvgIpc) is 3.34. The number of nitrogens with zero attached hydrogens (tertiary/aromatic N) is 4. The fraction of sp³-hybridized carbons (Fsp3) is 0.256. The Balaban J connectivity index is 1.22. The molecule has 2 atom stereocenters. The lowest BCUT2D eigenvalue weighted by Gasteiger charge is -2.30. The number of nitro groups is 1. The number of hydrogen-bond acceptors (Lipinski definition) is 7. The van der Waals surface area contributed by atoms with Gasteiger partial charge in [0, 0.05) is 55.2 Å². The van der Waals surface area contributed by atoms with Crippen LogP contribution >= 0.6 is 0 Å². The standard InChI is InChI=1S/C39H38N4O7/c1-27(8-7-13-36(45)40(22-23-44)25-28-9-3-2-4-10-28)39(48)33-24-32(43(49)50)19-20-35(33)41(38(39)47)26-29-14-17-31(18-15-29)42-34-12-6-5-11-30(34)16-21-37(42)46/h2-12,14-15,17-20,24,27,44,48H,13,16,21-23,25-26H2,1H3/b8-7+/t27-,39+/m0/s1. The number of nitro benzene ring substituents is 1. The van der Waals surface area contributed by atoms with Crippen LogP contribution in [-0.2, 0) is 39.5 Å². The van der Waals surface area contributed by atoms with Gasteiger partial charge in [-0.05, 0) is 47.4 Å². The van der Waals surface area contributed by atoms with Crippen molar-refractivity contribution >= 4 is 40.5 Å². The number of para-hydroxylation sites is 1. The number of carbonyl (C=O) groups is 3. The van der Waals surface area contributed by atoms with Gasteiger partial charge in [0.1, 0.15) is 0 Å². The normalized spacial score (nSPS) is 17.5. The van der Waals surface area contributed by atoms with Crippen molar-refractivity contribution in [2.24, 2.45) is 5.92 Å². The Hall–Kier alpha value is -5.65. The molecule has 0 saturated carbocycles. The van der Waals surface area contributed by atoms with Crippen LogP contribution in [0, 0.1) is 16.0 Å². The highest BCUT2D eigenvalue weighted by molar-refractivity contribution is 6.07. The van der Waals surface area contributed by atoms with Crippen LogP contribution in [0.1, 0.15) is 42.0 Å². The van der Waals surface area contributed by atoms with Gasteiger partial charge in [0.05, 0.1) is 29.4 Å². The van der Waals surface area contributed by atoms with Gasteiger partial charge in [-0.25, -0.2) is 0 Å². The number of anilines is 3. The molecule has 2 N–H and O–H groups in total. The Bertz CT molecular complexity index is 1950. The summed E-state index contributed by atoms with van der Waals surface area (Å²) < 4.78 is 0. The van der Waals surface area contributed by atoms with E-state index in [1.165, 1.54) is 28.0 Å². The number of benzene rings is 4. The summed E-state index contributed by atoms with van der Waals surface area (Å²) in [5.74, 6) is -1.76. The minimum Gasteiger partial charge on any atom is -0.395 e.